The van der Waals surface area contributed by atoms with Gasteiger partial charge in [-0.25, -0.2) is 10.4 Å². The van der Waals surface area contributed by atoms with E-state index in [1.165, 1.54) is 15.3 Å². The van der Waals surface area contributed by atoms with Gasteiger partial charge in [-0.3, -0.25) is 4.79 Å². The number of nitriles is 1. The van der Waals surface area contributed by atoms with Crippen molar-refractivity contribution in [1.82, 2.24) is 15.0 Å². The molecule has 0 saturated heterocycles. The summed E-state index contributed by atoms with van der Waals surface area (Å²) in [6.07, 6.45) is 1.65. The van der Waals surface area contributed by atoms with Crippen LogP contribution in [0.1, 0.15) is 33.8 Å². The van der Waals surface area contributed by atoms with Gasteiger partial charge in [0.05, 0.1) is 24.1 Å². The van der Waals surface area contributed by atoms with Crippen LogP contribution in [0.3, 0.4) is 0 Å². The van der Waals surface area contributed by atoms with E-state index in [1.807, 2.05) is 32.9 Å². The number of nitrogens with zero attached hydrogens (tertiary/aromatic N) is 4. The lowest BCUT2D eigenvalue weighted by Gasteiger charge is -2.09. The van der Waals surface area contributed by atoms with Gasteiger partial charge in [0.15, 0.2) is 0 Å². The number of halogens is 1. The average molecular weight is 573 g/mol. The summed E-state index contributed by atoms with van der Waals surface area (Å²) >= 11 is 3.49. The Morgan fingerprint density at radius 3 is 2.70 bits per heavy atom. The first-order valence-electron chi connectivity index (χ1n) is 10.1. The Kier molecular flexibility index (Phi) is 8.66. The molecule has 2 heterocycles. The Balaban J connectivity index is 1.65. The number of pyridine rings is 1. The topological polar surface area (TPSA) is 92.3 Å². The summed E-state index contributed by atoms with van der Waals surface area (Å²) < 4.78 is 8.50. The second-order valence-corrected chi connectivity index (χ2v) is 9.58. The molecule has 0 saturated carbocycles. The standard InChI is InChI=1S/C24H24IN5O2S/c1-15-9-19(13-32-4)22(11-26)24(28-15)33-14-23(31)29-27-12-18-10-16(2)30(17(18)3)21-7-5-20(25)6-8-21/h5-10,12H,13-14H2,1-4H3,(H,29,31)/b27-12-. The number of thioether (sulfide) groups is 1. The maximum Gasteiger partial charge on any atom is 0.250 e. The van der Waals surface area contributed by atoms with E-state index in [0.717, 1.165) is 33.9 Å². The summed E-state index contributed by atoms with van der Waals surface area (Å²) in [5.74, 6) is -0.181. The number of aromatic nitrogens is 2. The van der Waals surface area contributed by atoms with Crippen LogP contribution in [-0.2, 0) is 16.1 Å². The second kappa shape index (κ2) is 11.4. The second-order valence-electron chi connectivity index (χ2n) is 7.37. The van der Waals surface area contributed by atoms with Crippen molar-refractivity contribution in [3.63, 3.8) is 0 Å². The summed E-state index contributed by atoms with van der Waals surface area (Å²) in [6, 6.07) is 14.3. The van der Waals surface area contributed by atoms with E-state index in [9.17, 15) is 10.1 Å². The highest BCUT2D eigenvalue weighted by molar-refractivity contribution is 14.1. The van der Waals surface area contributed by atoms with Gasteiger partial charge >= 0.3 is 0 Å². The molecule has 0 aliphatic rings. The van der Waals surface area contributed by atoms with E-state index in [2.05, 4.69) is 73.0 Å². The molecule has 3 rings (SSSR count). The van der Waals surface area contributed by atoms with Crippen LogP contribution in [0.5, 0.6) is 0 Å². The normalized spacial score (nSPS) is 11.0. The first-order chi connectivity index (χ1) is 15.8. The van der Waals surface area contributed by atoms with Gasteiger partial charge in [0, 0.05) is 39.0 Å². The first kappa shape index (κ1) is 25.0. The number of hydrazone groups is 1. The lowest BCUT2D eigenvalue weighted by Crippen LogP contribution is -2.20. The van der Waals surface area contributed by atoms with E-state index in [4.69, 9.17) is 4.74 Å². The molecule has 0 unspecified atom stereocenters. The largest absolute Gasteiger partial charge is 0.380 e. The number of benzene rings is 1. The lowest BCUT2D eigenvalue weighted by atomic mass is 10.1. The van der Waals surface area contributed by atoms with Crippen molar-refractivity contribution < 1.29 is 9.53 Å². The summed E-state index contributed by atoms with van der Waals surface area (Å²) in [5, 5.41) is 14.2. The molecule has 0 spiro atoms. The summed E-state index contributed by atoms with van der Waals surface area (Å²) in [6.45, 7) is 6.23. The predicted molar refractivity (Wildman–Crippen MR) is 139 cm³/mol. The van der Waals surface area contributed by atoms with E-state index in [-0.39, 0.29) is 11.7 Å². The fourth-order valence-electron chi connectivity index (χ4n) is 3.45. The molecule has 0 aliphatic carbocycles. The number of hydrogen-bond acceptors (Lipinski definition) is 6. The van der Waals surface area contributed by atoms with Crippen LogP contribution < -0.4 is 5.43 Å². The van der Waals surface area contributed by atoms with Crippen molar-refractivity contribution in [3.8, 4) is 11.8 Å². The predicted octanol–water partition coefficient (Wildman–Crippen LogP) is 4.66. The Labute approximate surface area is 211 Å². The van der Waals surface area contributed by atoms with Crippen LogP contribution in [0.25, 0.3) is 5.69 Å². The van der Waals surface area contributed by atoms with Gasteiger partial charge in [0.1, 0.15) is 11.1 Å². The van der Waals surface area contributed by atoms with Crippen molar-refractivity contribution in [2.24, 2.45) is 5.10 Å². The molecule has 33 heavy (non-hydrogen) atoms. The third-order valence-corrected chi connectivity index (χ3v) is 6.59. The molecule has 1 amide bonds. The maximum absolute atomic E-state index is 12.3. The van der Waals surface area contributed by atoms with Crippen molar-refractivity contribution in [3.05, 3.63) is 73.7 Å². The molecular weight excluding hydrogens is 549 g/mol. The molecule has 1 aromatic carbocycles. The average Bonchev–Trinajstić information content (AvgIpc) is 3.06. The van der Waals surface area contributed by atoms with E-state index in [1.54, 1.807) is 13.3 Å². The molecule has 9 heteroatoms. The Morgan fingerprint density at radius 2 is 2.03 bits per heavy atom. The molecule has 0 fully saturated rings. The number of carbonyl (C=O) groups excluding carboxylic acids is 1. The van der Waals surface area contributed by atoms with Crippen LogP contribution in [0.4, 0.5) is 0 Å². The SMILES string of the molecule is COCc1cc(C)nc(SCC(=O)N/N=C\c2cc(C)n(-c3ccc(I)cc3)c2C)c1C#N. The highest BCUT2D eigenvalue weighted by Crippen LogP contribution is 2.24. The minimum Gasteiger partial charge on any atom is -0.380 e. The zero-order valence-electron chi connectivity index (χ0n) is 18.8. The maximum atomic E-state index is 12.3. The van der Waals surface area contributed by atoms with Crippen molar-refractivity contribution in [1.29, 1.82) is 5.26 Å². The van der Waals surface area contributed by atoms with Gasteiger partial charge in [-0.05, 0) is 85.3 Å². The zero-order chi connectivity index (χ0) is 24.0. The van der Waals surface area contributed by atoms with E-state index < -0.39 is 0 Å². The highest BCUT2D eigenvalue weighted by atomic mass is 127. The molecule has 2 aromatic heterocycles. The number of methoxy groups -OCH3 is 1. The number of amides is 1. The monoisotopic (exact) mass is 573 g/mol. The number of carbonyl (C=O) groups is 1. The zero-order valence-corrected chi connectivity index (χ0v) is 21.8. The molecule has 1 N–H and O–H groups in total. The number of aryl methyl sites for hydroxylation is 2. The number of rotatable bonds is 8. The number of hydrogen-bond donors (Lipinski definition) is 1. The minimum absolute atomic E-state index is 0.0938. The van der Waals surface area contributed by atoms with Crippen molar-refractivity contribution in [2.75, 3.05) is 12.9 Å². The third-order valence-electron chi connectivity index (χ3n) is 4.90. The number of nitrogens with one attached hydrogen (secondary N) is 1. The fourth-order valence-corrected chi connectivity index (χ4v) is 4.67. The third kappa shape index (κ3) is 6.22. The van der Waals surface area contributed by atoms with Gasteiger partial charge in [0.2, 0.25) is 5.91 Å². The van der Waals surface area contributed by atoms with Gasteiger partial charge < -0.3 is 9.30 Å². The molecule has 0 radical (unpaired) electrons. The smallest absolute Gasteiger partial charge is 0.250 e. The van der Waals surface area contributed by atoms with Crippen LogP contribution in [0, 0.1) is 35.7 Å². The Morgan fingerprint density at radius 1 is 1.30 bits per heavy atom. The highest BCUT2D eigenvalue weighted by Gasteiger charge is 2.14. The molecule has 0 atom stereocenters. The molecule has 0 aliphatic heterocycles. The lowest BCUT2D eigenvalue weighted by molar-refractivity contribution is -0.118. The van der Waals surface area contributed by atoms with E-state index in [0.29, 0.717) is 17.2 Å². The molecule has 0 bridgehead atoms. The summed E-state index contributed by atoms with van der Waals surface area (Å²) in [7, 11) is 1.58. The van der Waals surface area contributed by atoms with Crippen LogP contribution in [0.2, 0.25) is 0 Å². The first-order valence-corrected chi connectivity index (χ1v) is 12.2. The van der Waals surface area contributed by atoms with Crippen LogP contribution in [0.15, 0.2) is 46.5 Å². The number of ether oxygens (including phenoxy) is 1. The summed E-state index contributed by atoms with van der Waals surface area (Å²) in [4.78, 5) is 16.7. The van der Waals surface area contributed by atoms with Crippen molar-refractivity contribution >= 4 is 46.5 Å². The van der Waals surface area contributed by atoms with Gasteiger partial charge in [-0.1, -0.05) is 11.8 Å². The fraction of sp³-hybridized carbons (Fsp3) is 0.250. The van der Waals surface area contributed by atoms with Crippen LogP contribution >= 0.6 is 34.4 Å². The van der Waals surface area contributed by atoms with Gasteiger partial charge in [-0.2, -0.15) is 10.4 Å². The van der Waals surface area contributed by atoms with Crippen molar-refractivity contribution in [2.45, 2.75) is 32.4 Å². The summed E-state index contributed by atoms with van der Waals surface area (Å²) in [5.41, 5.74) is 8.65. The Hall–Kier alpha value is -2.68. The van der Waals surface area contributed by atoms with Crippen LogP contribution in [-0.4, -0.2) is 34.5 Å². The molecule has 7 nitrogen and oxygen atoms in total. The minimum atomic E-state index is -0.275. The quantitative estimate of drug-likeness (QED) is 0.183. The van der Waals surface area contributed by atoms with Gasteiger partial charge in [-0.15, -0.1) is 0 Å². The molecule has 3 aromatic rings. The molecule has 170 valence electrons. The Bertz CT molecular complexity index is 1230. The van der Waals surface area contributed by atoms with E-state index >= 15 is 0 Å². The van der Waals surface area contributed by atoms with Gasteiger partial charge in [0.25, 0.3) is 0 Å². The molecular formula is C24H24IN5O2S.